The van der Waals surface area contributed by atoms with Gasteiger partial charge < -0.3 is 24.2 Å². The van der Waals surface area contributed by atoms with Crippen LogP contribution in [0.3, 0.4) is 0 Å². The number of hydrogen-bond donors (Lipinski definition) is 0. The molecular weight excluding hydrogens is 494 g/mol. The van der Waals surface area contributed by atoms with Crippen LogP contribution < -0.4 is 14.4 Å². The molecule has 1 aliphatic rings. The summed E-state index contributed by atoms with van der Waals surface area (Å²) >= 11 is 0. The first-order chi connectivity index (χ1) is 18.9. The van der Waals surface area contributed by atoms with Crippen LogP contribution in [0, 0.1) is 5.92 Å². The number of benzene rings is 2. The van der Waals surface area contributed by atoms with Gasteiger partial charge in [-0.15, -0.1) is 10.2 Å². The number of carbonyl (C=O) groups is 2. The summed E-state index contributed by atoms with van der Waals surface area (Å²) in [5.41, 5.74) is 2.14. The van der Waals surface area contributed by atoms with Crippen molar-refractivity contribution in [2.45, 2.75) is 20.3 Å². The van der Waals surface area contributed by atoms with Crippen LogP contribution in [0.1, 0.15) is 30.6 Å². The van der Waals surface area contributed by atoms with E-state index in [1.807, 2.05) is 53.4 Å². The number of amides is 2. The van der Waals surface area contributed by atoms with Gasteiger partial charge in [0.2, 0.25) is 5.91 Å². The molecule has 9 nitrogen and oxygen atoms in total. The van der Waals surface area contributed by atoms with Gasteiger partial charge >= 0.3 is 0 Å². The van der Waals surface area contributed by atoms with Crippen molar-refractivity contribution >= 4 is 17.6 Å². The highest BCUT2D eigenvalue weighted by Gasteiger charge is 2.25. The minimum absolute atomic E-state index is 0.0326. The Morgan fingerprint density at radius 1 is 0.923 bits per heavy atom. The maximum Gasteiger partial charge on any atom is 0.254 e. The largest absolute Gasteiger partial charge is 0.497 e. The molecule has 1 aromatic heterocycles. The van der Waals surface area contributed by atoms with Crippen molar-refractivity contribution in [3.63, 3.8) is 0 Å². The molecule has 1 fully saturated rings. The van der Waals surface area contributed by atoms with E-state index < -0.39 is 0 Å². The zero-order valence-corrected chi connectivity index (χ0v) is 23.2. The summed E-state index contributed by atoms with van der Waals surface area (Å²) in [5.74, 6) is 2.25. The number of aromatic nitrogens is 2. The molecule has 2 heterocycles. The molecule has 2 amide bonds. The first-order valence-electron chi connectivity index (χ1n) is 13.3. The van der Waals surface area contributed by atoms with Crippen LogP contribution in [0.25, 0.3) is 11.3 Å². The number of carbonyl (C=O) groups excluding carboxylic acids is 2. The van der Waals surface area contributed by atoms with E-state index in [4.69, 9.17) is 9.47 Å². The number of rotatable bonds is 9. The fourth-order valence-electron chi connectivity index (χ4n) is 4.73. The molecule has 4 rings (SSSR count). The molecule has 3 aromatic rings. The third-order valence-corrected chi connectivity index (χ3v) is 6.73. The van der Waals surface area contributed by atoms with Crippen LogP contribution in [-0.2, 0) is 4.79 Å². The minimum Gasteiger partial charge on any atom is -0.497 e. The molecule has 0 bridgehead atoms. The van der Waals surface area contributed by atoms with Gasteiger partial charge in [-0.2, -0.15) is 0 Å². The number of hydrogen-bond acceptors (Lipinski definition) is 7. The zero-order valence-electron chi connectivity index (χ0n) is 23.2. The molecule has 1 saturated heterocycles. The average Bonchev–Trinajstić information content (AvgIpc) is 3.23. The standard InChI is InChI=1S/C30H37N5O4/c1-22(2)20-35(30(37)23-9-6-5-7-10-23)21-29(36)34-16-8-15-33(17-18-34)28-14-13-26(31-32-28)25-12-11-24(38-3)19-27(25)39-4/h5-7,9-14,19,22H,8,15-18,20-21H2,1-4H3. The molecular formula is C30H37N5O4. The summed E-state index contributed by atoms with van der Waals surface area (Å²) in [7, 11) is 3.23. The Labute approximate surface area is 230 Å². The second-order valence-electron chi connectivity index (χ2n) is 10.0. The third-order valence-electron chi connectivity index (χ3n) is 6.73. The van der Waals surface area contributed by atoms with Gasteiger partial charge in [0.05, 0.1) is 19.9 Å². The highest BCUT2D eigenvalue weighted by Crippen LogP contribution is 2.32. The number of anilines is 1. The first kappa shape index (κ1) is 27.9. The van der Waals surface area contributed by atoms with Crippen LogP contribution in [0.5, 0.6) is 11.5 Å². The van der Waals surface area contributed by atoms with Crippen molar-refractivity contribution < 1.29 is 19.1 Å². The zero-order chi connectivity index (χ0) is 27.8. The fraction of sp³-hybridized carbons (Fsp3) is 0.400. The summed E-state index contributed by atoms with van der Waals surface area (Å²) in [6.07, 6.45) is 0.804. The van der Waals surface area contributed by atoms with Crippen molar-refractivity contribution in [3.8, 4) is 22.8 Å². The third kappa shape index (κ3) is 7.04. The molecule has 39 heavy (non-hydrogen) atoms. The van der Waals surface area contributed by atoms with E-state index in [-0.39, 0.29) is 24.3 Å². The predicted octanol–water partition coefficient (Wildman–Crippen LogP) is 4.00. The van der Waals surface area contributed by atoms with E-state index in [9.17, 15) is 9.59 Å². The summed E-state index contributed by atoms with van der Waals surface area (Å²) < 4.78 is 10.8. The maximum absolute atomic E-state index is 13.3. The number of nitrogens with zero attached hydrogens (tertiary/aromatic N) is 5. The monoisotopic (exact) mass is 531 g/mol. The van der Waals surface area contributed by atoms with Gasteiger partial charge in [0.25, 0.3) is 5.91 Å². The smallest absolute Gasteiger partial charge is 0.254 e. The second-order valence-corrected chi connectivity index (χ2v) is 10.0. The van der Waals surface area contributed by atoms with E-state index in [2.05, 4.69) is 28.9 Å². The number of ether oxygens (including phenoxy) is 2. The Morgan fingerprint density at radius 2 is 1.72 bits per heavy atom. The van der Waals surface area contributed by atoms with Crippen LogP contribution in [0.15, 0.2) is 60.7 Å². The van der Waals surface area contributed by atoms with E-state index in [0.717, 1.165) is 24.3 Å². The molecule has 0 spiro atoms. The van der Waals surface area contributed by atoms with Gasteiger partial charge in [-0.25, -0.2) is 0 Å². The normalized spacial score (nSPS) is 13.7. The second kappa shape index (κ2) is 13.1. The summed E-state index contributed by atoms with van der Waals surface area (Å²) in [5, 5.41) is 8.93. The Balaban J connectivity index is 1.40. The van der Waals surface area contributed by atoms with Crippen molar-refractivity contribution in [1.82, 2.24) is 20.0 Å². The molecule has 1 aliphatic heterocycles. The van der Waals surface area contributed by atoms with Crippen LogP contribution in [-0.4, -0.2) is 85.3 Å². The minimum atomic E-state index is -0.113. The fourth-order valence-corrected chi connectivity index (χ4v) is 4.73. The quantitative estimate of drug-likeness (QED) is 0.412. The van der Waals surface area contributed by atoms with Gasteiger partial charge in [-0.1, -0.05) is 32.0 Å². The van der Waals surface area contributed by atoms with E-state index >= 15 is 0 Å². The lowest BCUT2D eigenvalue weighted by atomic mass is 10.1. The van der Waals surface area contributed by atoms with Gasteiger partial charge in [0.1, 0.15) is 18.0 Å². The van der Waals surface area contributed by atoms with Crippen molar-refractivity contribution in [2.24, 2.45) is 5.92 Å². The van der Waals surface area contributed by atoms with E-state index in [0.29, 0.717) is 48.9 Å². The molecule has 0 unspecified atom stereocenters. The van der Waals surface area contributed by atoms with Gasteiger partial charge in [0, 0.05) is 49.9 Å². The maximum atomic E-state index is 13.3. The first-order valence-corrected chi connectivity index (χ1v) is 13.3. The average molecular weight is 532 g/mol. The summed E-state index contributed by atoms with van der Waals surface area (Å²) in [4.78, 5) is 32.1. The van der Waals surface area contributed by atoms with Gasteiger partial charge in [0.15, 0.2) is 5.82 Å². The van der Waals surface area contributed by atoms with Crippen molar-refractivity contribution in [3.05, 3.63) is 66.2 Å². The highest BCUT2D eigenvalue weighted by atomic mass is 16.5. The number of methoxy groups -OCH3 is 2. The van der Waals surface area contributed by atoms with Gasteiger partial charge in [-0.3, -0.25) is 9.59 Å². The van der Waals surface area contributed by atoms with E-state index in [1.54, 1.807) is 31.3 Å². The molecule has 0 radical (unpaired) electrons. The SMILES string of the molecule is COc1ccc(-c2ccc(N3CCCN(C(=O)CN(CC(C)C)C(=O)c4ccccc4)CC3)nn2)c(OC)c1. The molecule has 206 valence electrons. The molecule has 0 N–H and O–H groups in total. The van der Waals surface area contributed by atoms with Gasteiger partial charge in [-0.05, 0) is 48.7 Å². The predicted molar refractivity (Wildman–Crippen MR) is 151 cm³/mol. The van der Waals surface area contributed by atoms with Crippen molar-refractivity contribution in [1.29, 1.82) is 0 Å². The molecule has 9 heteroatoms. The molecule has 0 atom stereocenters. The van der Waals surface area contributed by atoms with Crippen LogP contribution in [0.2, 0.25) is 0 Å². The summed E-state index contributed by atoms with van der Waals surface area (Å²) in [6.45, 7) is 7.31. The molecule has 2 aromatic carbocycles. The molecule has 0 aliphatic carbocycles. The lowest BCUT2D eigenvalue weighted by Gasteiger charge is -2.28. The van der Waals surface area contributed by atoms with Crippen molar-refractivity contribution in [2.75, 3.05) is 58.4 Å². The van der Waals surface area contributed by atoms with E-state index in [1.165, 1.54) is 0 Å². The summed E-state index contributed by atoms with van der Waals surface area (Å²) in [6, 6.07) is 18.6. The molecule has 0 saturated carbocycles. The lowest BCUT2D eigenvalue weighted by Crippen LogP contribution is -2.45. The Bertz CT molecular complexity index is 1250. The highest BCUT2D eigenvalue weighted by molar-refractivity contribution is 5.96. The topological polar surface area (TPSA) is 88.1 Å². The Kier molecular flexibility index (Phi) is 9.35. The van der Waals surface area contributed by atoms with Crippen LogP contribution >= 0.6 is 0 Å². The van der Waals surface area contributed by atoms with Crippen LogP contribution in [0.4, 0.5) is 5.82 Å². The Hall–Kier alpha value is -4.14. The Morgan fingerprint density at radius 3 is 2.38 bits per heavy atom. The lowest BCUT2D eigenvalue weighted by molar-refractivity contribution is -0.131.